The Morgan fingerprint density at radius 3 is 2.38 bits per heavy atom. The van der Waals surface area contributed by atoms with Gasteiger partial charge in [-0.05, 0) is 43.3 Å². The van der Waals surface area contributed by atoms with Gasteiger partial charge in [-0.3, -0.25) is 0 Å². The van der Waals surface area contributed by atoms with E-state index in [0.717, 1.165) is 28.7 Å². The van der Waals surface area contributed by atoms with E-state index in [1.807, 2.05) is 67.6 Å². The minimum atomic E-state index is 0.505. The summed E-state index contributed by atoms with van der Waals surface area (Å²) >= 11 is 0. The molecule has 134 valence electrons. The van der Waals surface area contributed by atoms with Crippen molar-refractivity contribution in [3.63, 3.8) is 0 Å². The van der Waals surface area contributed by atoms with E-state index in [0.29, 0.717) is 19.1 Å². The highest BCUT2D eigenvalue weighted by Gasteiger charge is 2.03. The summed E-state index contributed by atoms with van der Waals surface area (Å²) in [6, 6.07) is 19.3. The van der Waals surface area contributed by atoms with Crippen LogP contribution in [0.3, 0.4) is 0 Å². The number of anilines is 3. The highest BCUT2D eigenvalue weighted by molar-refractivity contribution is 5.57. The number of ether oxygens (including phenoxy) is 2. The molecule has 0 radical (unpaired) electrons. The predicted molar refractivity (Wildman–Crippen MR) is 103 cm³/mol. The van der Waals surface area contributed by atoms with Crippen LogP contribution in [0.4, 0.5) is 17.5 Å². The van der Waals surface area contributed by atoms with Gasteiger partial charge in [0.1, 0.15) is 23.9 Å². The molecular formula is C20H22N4O2. The third-order valence-electron chi connectivity index (χ3n) is 3.61. The second kappa shape index (κ2) is 8.71. The maximum Gasteiger partial charge on any atom is 0.224 e. The van der Waals surface area contributed by atoms with Gasteiger partial charge >= 0.3 is 0 Å². The number of aryl methyl sites for hydroxylation is 1. The van der Waals surface area contributed by atoms with Crippen molar-refractivity contribution in [1.29, 1.82) is 0 Å². The third-order valence-corrected chi connectivity index (χ3v) is 3.61. The van der Waals surface area contributed by atoms with Gasteiger partial charge in [0.25, 0.3) is 0 Å². The Hall–Kier alpha value is -3.28. The zero-order chi connectivity index (χ0) is 18.2. The average molecular weight is 350 g/mol. The Morgan fingerprint density at radius 2 is 1.65 bits per heavy atom. The summed E-state index contributed by atoms with van der Waals surface area (Å²) in [5, 5.41) is 6.47. The molecule has 0 saturated heterocycles. The number of benzene rings is 2. The lowest BCUT2D eigenvalue weighted by Gasteiger charge is -2.11. The van der Waals surface area contributed by atoms with Crippen LogP contribution in [0.2, 0.25) is 0 Å². The summed E-state index contributed by atoms with van der Waals surface area (Å²) in [6.45, 7) is 3.04. The van der Waals surface area contributed by atoms with E-state index in [1.54, 1.807) is 7.11 Å². The Balaban J connectivity index is 1.52. The topological polar surface area (TPSA) is 68.3 Å². The zero-order valence-corrected chi connectivity index (χ0v) is 14.9. The average Bonchev–Trinajstić information content (AvgIpc) is 2.66. The molecule has 0 fully saturated rings. The quantitative estimate of drug-likeness (QED) is 0.598. The minimum Gasteiger partial charge on any atom is -0.497 e. The van der Waals surface area contributed by atoms with Crippen LogP contribution in [0, 0.1) is 6.92 Å². The van der Waals surface area contributed by atoms with Gasteiger partial charge in [-0.15, -0.1) is 0 Å². The summed E-state index contributed by atoms with van der Waals surface area (Å²) < 4.78 is 10.8. The number of nitrogens with zero attached hydrogens (tertiary/aromatic N) is 2. The van der Waals surface area contributed by atoms with Gasteiger partial charge in [-0.25, -0.2) is 4.98 Å². The van der Waals surface area contributed by atoms with Gasteiger partial charge in [0.15, 0.2) is 0 Å². The van der Waals surface area contributed by atoms with Crippen LogP contribution >= 0.6 is 0 Å². The van der Waals surface area contributed by atoms with Crippen molar-refractivity contribution in [2.24, 2.45) is 0 Å². The number of rotatable bonds is 8. The SMILES string of the molecule is COc1ccc(OCCNc2nc(C)cc(Nc3ccccc3)n2)cc1. The highest BCUT2D eigenvalue weighted by Crippen LogP contribution is 2.18. The minimum absolute atomic E-state index is 0.505. The lowest BCUT2D eigenvalue weighted by atomic mass is 10.3. The van der Waals surface area contributed by atoms with Crippen molar-refractivity contribution in [3.05, 3.63) is 66.4 Å². The maximum atomic E-state index is 5.69. The number of para-hydroxylation sites is 1. The molecule has 2 aromatic carbocycles. The van der Waals surface area contributed by atoms with Crippen molar-refractivity contribution in [1.82, 2.24) is 9.97 Å². The van der Waals surface area contributed by atoms with Crippen LogP contribution < -0.4 is 20.1 Å². The molecule has 0 bridgehead atoms. The monoisotopic (exact) mass is 350 g/mol. The standard InChI is InChI=1S/C20H22N4O2/c1-15-14-19(23-16-6-4-3-5-7-16)24-20(22-15)21-12-13-26-18-10-8-17(25-2)9-11-18/h3-11,14H,12-13H2,1-2H3,(H2,21,22,23,24). The van der Waals surface area contributed by atoms with Gasteiger partial charge in [0, 0.05) is 17.4 Å². The summed E-state index contributed by atoms with van der Waals surface area (Å²) in [5.41, 5.74) is 1.87. The second-order valence-corrected chi connectivity index (χ2v) is 5.66. The predicted octanol–water partition coefficient (Wildman–Crippen LogP) is 4.03. The van der Waals surface area contributed by atoms with Crippen molar-refractivity contribution >= 4 is 17.5 Å². The van der Waals surface area contributed by atoms with Gasteiger partial charge < -0.3 is 20.1 Å². The fourth-order valence-corrected chi connectivity index (χ4v) is 2.38. The number of methoxy groups -OCH3 is 1. The van der Waals surface area contributed by atoms with E-state index >= 15 is 0 Å². The van der Waals surface area contributed by atoms with Gasteiger partial charge in [-0.2, -0.15) is 4.98 Å². The molecule has 0 aliphatic heterocycles. The molecule has 1 aromatic heterocycles. The van der Waals surface area contributed by atoms with E-state index in [4.69, 9.17) is 9.47 Å². The lowest BCUT2D eigenvalue weighted by Crippen LogP contribution is -2.14. The first-order valence-corrected chi connectivity index (χ1v) is 8.41. The van der Waals surface area contributed by atoms with Gasteiger partial charge in [0.05, 0.1) is 13.7 Å². The fraction of sp³-hybridized carbons (Fsp3) is 0.200. The van der Waals surface area contributed by atoms with E-state index in [2.05, 4.69) is 20.6 Å². The molecule has 6 heteroatoms. The first-order valence-electron chi connectivity index (χ1n) is 8.41. The molecule has 0 unspecified atom stereocenters. The van der Waals surface area contributed by atoms with Crippen LogP contribution in [-0.4, -0.2) is 30.2 Å². The first-order chi connectivity index (χ1) is 12.7. The van der Waals surface area contributed by atoms with Crippen molar-refractivity contribution in [3.8, 4) is 11.5 Å². The van der Waals surface area contributed by atoms with E-state index in [-0.39, 0.29) is 0 Å². The molecule has 1 heterocycles. The van der Waals surface area contributed by atoms with Gasteiger partial charge in [-0.1, -0.05) is 18.2 Å². The molecule has 0 spiro atoms. The number of hydrogen-bond donors (Lipinski definition) is 2. The Labute approximate surface area is 153 Å². The molecule has 0 amide bonds. The van der Waals surface area contributed by atoms with Crippen LogP contribution in [-0.2, 0) is 0 Å². The van der Waals surface area contributed by atoms with Crippen molar-refractivity contribution in [2.45, 2.75) is 6.92 Å². The number of nitrogens with one attached hydrogen (secondary N) is 2. The summed E-state index contributed by atoms with van der Waals surface area (Å²) in [4.78, 5) is 8.90. The van der Waals surface area contributed by atoms with Crippen molar-refractivity contribution < 1.29 is 9.47 Å². The summed E-state index contributed by atoms with van der Waals surface area (Å²) in [5.74, 6) is 2.93. The largest absolute Gasteiger partial charge is 0.497 e. The molecule has 0 aliphatic rings. The van der Waals surface area contributed by atoms with Crippen LogP contribution in [0.15, 0.2) is 60.7 Å². The molecule has 0 atom stereocenters. The molecular weight excluding hydrogens is 328 g/mol. The zero-order valence-electron chi connectivity index (χ0n) is 14.9. The third kappa shape index (κ3) is 5.11. The Bertz CT molecular complexity index is 823. The van der Waals surface area contributed by atoms with E-state index in [1.165, 1.54) is 0 Å². The molecule has 3 rings (SSSR count). The van der Waals surface area contributed by atoms with E-state index in [9.17, 15) is 0 Å². The number of hydrogen-bond acceptors (Lipinski definition) is 6. The first kappa shape index (κ1) is 17.5. The molecule has 2 N–H and O–H groups in total. The molecule has 0 aliphatic carbocycles. The van der Waals surface area contributed by atoms with Gasteiger partial charge in [0.2, 0.25) is 5.95 Å². The van der Waals surface area contributed by atoms with Crippen LogP contribution in [0.1, 0.15) is 5.69 Å². The second-order valence-electron chi connectivity index (χ2n) is 5.66. The molecule has 3 aromatic rings. The molecule has 0 saturated carbocycles. The molecule has 26 heavy (non-hydrogen) atoms. The van der Waals surface area contributed by atoms with Crippen LogP contribution in [0.5, 0.6) is 11.5 Å². The van der Waals surface area contributed by atoms with Crippen LogP contribution in [0.25, 0.3) is 0 Å². The number of aromatic nitrogens is 2. The lowest BCUT2D eigenvalue weighted by molar-refractivity contribution is 0.331. The normalized spacial score (nSPS) is 10.2. The highest BCUT2D eigenvalue weighted by atomic mass is 16.5. The van der Waals surface area contributed by atoms with Crippen molar-refractivity contribution in [2.75, 3.05) is 30.9 Å². The Kier molecular flexibility index (Phi) is 5.88. The summed E-state index contributed by atoms with van der Waals surface area (Å²) in [6.07, 6.45) is 0. The smallest absolute Gasteiger partial charge is 0.224 e. The Morgan fingerprint density at radius 1 is 0.923 bits per heavy atom. The summed E-state index contributed by atoms with van der Waals surface area (Å²) in [7, 11) is 1.64. The maximum absolute atomic E-state index is 5.69. The fourth-order valence-electron chi connectivity index (χ4n) is 2.38. The van der Waals surface area contributed by atoms with E-state index < -0.39 is 0 Å². The molecule has 6 nitrogen and oxygen atoms in total.